The Kier molecular flexibility index (Phi) is 8.97. The van der Waals surface area contributed by atoms with Gasteiger partial charge in [0.2, 0.25) is 5.91 Å². The van der Waals surface area contributed by atoms with Gasteiger partial charge in [-0.25, -0.2) is 0 Å². The largest absolute Gasteiger partial charge is 0.368 e. The van der Waals surface area contributed by atoms with E-state index in [1.54, 1.807) is 17.0 Å². The molecule has 0 radical (unpaired) electrons. The number of aryl methyl sites for hydroxylation is 2. The lowest BCUT2D eigenvalue weighted by atomic mass is 10.1. The van der Waals surface area contributed by atoms with E-state index in [9.17, 15) is 14.4 Å². The van der Waals surface area contributed by atoms with Crippen molar-refractivity contribution >= 4 is 29.1 Å². The fraction of sp³-hybridized carbons (Fsp3) is 0.229. The van der Waals surface area contributed by atoms with Gasteiger partial charge in [0.15, 0.2) is 0 Å². The number of hydrogen-bond donors (Lipinski definition) is 1. The maximum atomic E-state index is 13.3. The normalized spacial score (nSPS) is 13.0. The van der Waals surface area contributed by atoms with Gasteiger partial charge < -0.3 is 20.0 Å². The Morgan fingerprint density at radius 3 is 1.86 bits per heavy atom. The molecular weight excluding hydrogens is 524 g/mol. The average molecular weight is 561 g/mol. The molecule has 0 saturated carbocycles. The van der Waals surface area contributed by atoms with Gasteiger partial charge in [-0.3, -0.25) is 14.4 Å². The fourth-order valence-electron chi connectivity index (χ4n) is 5.06. The van der Waals surface area contributed by atoms with Crippen LogP contribution in [0.25, 0.3) is 0 Å². The second kappa shape index (κ2) is 13.2. The predicted molar refractivity (Wildman–Crippen MR) is 167 cm³/mol. The Labute approximate surface area is 247 Å². The molecule has 0 spiro atoms. The highest BCUT2D eigenvalue weighted by atomic mass is 16.2. The molecule has 214 valence electrons. The van der Waals surface area contributed by atoms with Crippen LogP contribution in [0.15, 0.2) is 103 Å². The van der Waals surface area contributed by atoms with E-state index >= 15 is 0 Å². The highest BCUT2D eigenvalue weighted by Gasteiger charge is 2.23. The zero-order chi connectivity index (χ0) is 29.5. The van der Waals surface area contributed by atoms with E-state index < -0.39 is 0 Å². The van der Waals surface area contributed by atoms with Gasteiger partial charge in [0.25, 0.3) is 11.8 Å². The van der Waals surface area contributed by atoms with E-state index in [1.165, 1.54) is 0 Å². The van der Waals surface area contributed by atoms with Crippen LogP contribution < -0.4 is 10.2 Å². The SMILES string of the molecule is Cc1ccc(C(=O)N2CCN(c3ccc(NC(=O)CN(Cc4ccccc4)C(=O)c4ccc(C)cc4)cc3)CC2)cc1. The quantitative estimate of drug-likeness (QED) is 0.307. The van der Waals surface area contributed by atoms with Crippen LogP contribution in [0.2, 0.25) is 0 Å². The summed E-state index contributed by atoms with van der Waals surface area (Å²) in [5.41, 5.74) is 6.13. The summed E-state index contributed by atoms with van der Waals surface area (Å²) in [6.07, 6.45) is 0. The molecule has 0 aliphatic carbocycles. The number of nitrogens with one attached hydrogen (secondary N) is 1. The number of anilines is 2. The molecular formula is C35H36N4O3. The third-order valence-corrected chi connectivity index (χ3v) is 7.52. The van der Waals surface area contributed by atoms with Crippen LogP contribution in [-0.4, -0.2) is 60.2 Å². The lowest BCUT2D eigenvalue weighted by Crippen LogP contribution is -2.48. The number of benzene rings is 4. The second-order valence-corrected chi connectivity index (χ2v) is 10.8. The molecule has 0 aromatic heterocycles. The molecule has 1 heterocycles. The number of amides is 3. The molecule has 7 heteroatoms. The molecule has 5 rings (SSSR count). The Morgan fingerprint density at radius 1 is 0.690 bits per heavy atom. The lowest BCUT2D eigenvalue weighted by Gasteiger charge is -2.36. The van der Waals surface area contributed by atoms with Crippen LogP contribution in [-0.2, 0) is 11.3 Å². The molecule has 1 aliphatic rings. The maximum absolute atomic E-state index is 13.3. The van der Waals surface area contributed by atoms with Gasteiger partial charge >= 0.3 is 0 Å². The summed E-state index contributed by atoms with van der Waals surface area (Å²) in [4.78, 5) is 45.0. The van der Waals surface area contributed by atoms with Gasteiger partial charge in [-0.05, 0) is 67.9 Å². The van der Waals surface area contributed by atoms with E-state index in [0.717, 1.165) is 41.0 Å². The van der Waals surface area contributed by atoms with Crippen molar-refractivity contribution < 1.29 is 14.4 Å². The highest BCUT2D eigenvalue weighted by Crippen LogP contribution is 2.21. The molecule has 0 bridgehead atoms. The summed E-state index contributed by atoms with van der Waals surface area (Å²) >= 11 is 0. The average Bonchev–Trinajstić information content (AvgIpc) is 3.02. The molecule has 3 amide bonds. The summed E-state index contributed by atoms with van der Waals surface area (Å²) < 4.78 is 0. The minimum Gasteiger partial charge on any atom is -0.368 e. The van der Waals surface area contributed by atoms with E-state index in [1.807, 2.05) is 110 Å². The number of rotatable bonds is 8. The molecule has 42 heavy (non-hydrogen) atoms. The van der Waals surface area contributed by atoms with Gasteiger partial charge in [-0.1, -0.05) is 65.7 Å². The summed E-state index contributed by atoms with van der Waals surface area (Å²) in [6.45, 7) is 7.02. The lowest BCUT2D eigenvalue weighted by molar-refractivity contribution is -0.117. The molecule has 0 atom stereocenters. The van der Waals surface area contributed by atoms with Crippen LogP contribution in [0.4, 0.5) is 11.4 Å². The van der Waals surface area contributed by atoms with Crippen molar-refractivity contribution in [2.45, 2.75) is 20.4 Å². The van der Waals surface area contributed by atoms with E-state index in [0.29, 0.717) is 30.9 Å². The third-order valence-electron chi connectivity index (χ3n) is 7.52. The fourth-order valence-corrected chi connectivity index (χ4v) is 5.06. The van der Waals surface area contributed by atoms with Crippen molar-refractivity contribution in [2.24, 2.45) is 0 Å². The van der Waals surface area contributed by atoms with E-state index in [4.69, 9.17) is 0 Å². The number of nitrogens with zero attached hydrogens (tertiary/aromatic N) is 3. The minimum atomic E-state index is -0.262. The first-order chi connectivity index (χ1) is 20.4. The van der Waals surface area contributed by atoms with Crippen molar-refractivity contribution in [1.82, 2.24) is 9.80 Å². The monoisotopic (exact) mass is 560 g/mol. The first kappa shape index (κ1) is 28.6. The number of piperazine rings is 1. The molecule has 7 nitrogen and oxygen atoms in total. The molecule has 1 fully saturated rings. The van der Waals surface area contributed by atoms with Crippen LogP contribution in [0, 0.1) is 13.8 Å². The van der Waals surface area contributed by atoms with Crippen LogP contribution in [0.5, 0.6) is 0 Å². The number of hydrogen-bond acceptors (Lipinski definition) is 4. The summed E-state index contributed by atoms with van der Waals surface area (Å²) in [6, 6.07) is 32.5. The van der Waals surface area contributed by atoms with E-state index in [2.05, 4.69) is 10.2 Å². The molecule has 4 aromatic carbocycles. The van der Waals surface area contributed by atoms with Gasteiger partial charge in [0.05, 0.1) is 0 Å². The third kappa shape index (κ3) is 7.23. The van der Waals surface area contributed by atoms with Crippen molar-refractivity contribution in [1.29, 1.82) is 0 Å². The predicted octanol–water partition coefficient (Wildman–Crippen LogP) is 5.55. The number of carbonyl (C=O) groups excluding carboxylic acids is 3. The smallest absolute Gasteiger partial charge is 0.254 e. The van der Waals surface area contributed by atoms with Gasteiger partial charge in [-0.2, -0.15) is 0 Å². The Balaban J connectivity index is 1.18. The molecule has 1 aliphatic heterocycles. The Morgan fingerprint density at radius 2 is 1.26 bits per heavy atom. The van der Waals surface area contributed by atoms with Crippen LogP contribution in [0.3, 0.4) is 0 Å². The molecule has 1 saturated heterocycles. The summed E-state index contributed by atoms with van der Waals surface area (Å²) in [5, 5.41) is 2.94. The highest BCUT2D eigenvalue weighted by molar-refractivity contribution is 5.99. The number of carbonyl (C=O) groups is 3. The Hall–Kier alpha value is -4.91. The Bertz CT molecular complexity index is 1510. The maximum Gasteiger partial charge on any atom is 0.254 e. The topological polar surface area (TPSA) is 73.0 Å². The first-order valence-corrected chi connectivity index (χ1v) is 14.3. The van der Waals surface area contributed by atoms with Crippen molar-refractivity contribution in [3.8, 4) is 0 Å². The second-order valence-electron chi connectivity index (χ2n) is 10.8. The zero-order valence-corrected chi connectivity index (χ0v) is 24.1. The minimum absolute atomic E-state index is 0.0647. The summed E-state index contributed by atoms with van der Waals surface area (Å²) in [5.74, 6) is -0.387. The van der Waals surface area contributed by atoms with Gasteiger partial charge in [0, 0.05) is 55.2 Å². The molecule has 0 unspecified atom stereocenters. The van der Waals surface area contributed by atoms with Gasteiger partial charge in [-0.15, -0.1) is 0 Å². The molecule has 4 aromatic rings. The van der Waals surface area contributed by atoms with Crippen LogP contribution >= 0.6 is 0 Å². The molecule has 1 N–H and O–H groups in total. The first-order valence-electron chi connectivity index (χ1n) is 14.3. The van der Waals surface area contributed by atoms with Crippen LogP contribution in [0.1, 0.15) is 37.4 Å². The standard InChI is InChI=1S/C35H36N4O3/c1-26-8-12-29(13-9-26)34(41)38-22-20-37(21-23-38)32-18-16-31(17-19-32)36-33(40)25-39(24-28-6-4-3-5-7-28)35(42)30-14-10-27(2)11-15-30/h3-19H,20-25H2,1-2H3,(H,36,40). The van der Waals surface area contributed by atoms with Crippen molar-refractivity contribution in [3.05, 3.63) is 131 Å². The van der Waals surface area contributed by atoms with Crippen molar-refractivity contribution in [3.63, 3.8) is 0 Å². The van der Waals surface area contributed by atoms with E-state index in [-0.39, 0.29) is 24.3 Å². The van der Waals surface area contributed by atoms with Crippen molar-refractivity contribution in [2.75, 3.05) is 42.9 Å². The zero-order valence-electron chi connectivity index (χ0n) is 24.1. The van der Waals surface area contributed by atoms with Gasteiger partial charge in [0.1, 0.15) is 6.54 Å². The summed E-state index contributed by atoms with van der Waals surface area (Å²) in [7, 11) is 0.